The molecular weight excluding hydrogens is 372 g/mol. The summed E-state index contributed by atoms with van der Waals surface area (Å²) in [5, 5.41) is 4.02. The molecule has 6 nitrogen and oxygen atoms in total. The zero-order chi connectivity index (χ0) is 19.1. The van der Waals surface area contributed by atoms with Gasteiger partial charge in [0.05, 0.1) is 32.2 Å². The molecular formula is C21H18N4O2S. The first-order valence-corrected chi connectivity index (χ1v) is 10.0. The number of nitrogens with one attached hydrogen (secondary N) is 3. The number of hydrogen-bond donors (Lipinski definition) is 3. The molecule has 0 radical (unpaired) electrons. The summed E-state index contributed by atoms with van der Waals surface area (Å²) in [5.41, 5.74) is 2.79. The lowest BCUT2D eigenvalue weighted by atomic mass is 9.82. The van der Waals surface area contributed by atoms with Crippen LogP contribution in [0.2, 0.25) is 0 Å². The van der Waals surface area contributed by atoms with Gasteiger partial charge in [-0.3, -0.25) is 4.79 Å². The smallest absolute Gasteiger partial charge is 0.323 e. The SMILES string of the molecule is O=C(Nc1ccc2[nH]c(=O)[nH]c2c1)C1CC=CCC1c1nc2ccccc2s1. The van der Waals surface area contributed by atoms with Crippen molar-refractivity contribution in [1.82, 2.24) is 15.0 Å². The number of carbonyl (C=O) groups excluding carboxylic acids is 1. The highest BCUT2D eigenvalue weighted by atomic mass is 32.1. The van der Waals surface area contributed by atoms with Crippen LogP contribution in [0.1, 0.15) is 23.8 Å². The summed E-state index contributed by atoms with van der Waals surface area (Å²) >= 11 is 1.67. The highest BCUT2D eigenvalue weighted by Gasteiger charge is 2.32. The number of allylic oxidation sites excluding steroid dienone is 2. The zero-order valence-electron chi connectivity index (χ0n) is 14.9. The van der Waals surface area contributed by atoms with Crippen molar-refractivity contribution in [3.8, 4) is 0 Å². The van der Waals surface area contributed by atoms with Crippen LogP contribution < -0.4 is 11.0 Å². The predicted molar refractivity (Wildman–Crippen MR) is 112 cm³/mol. The van der Waals surface area contributed by atoms with Crippen molar-refractivity contribution < 1.29 is 4.79 Å². The van der Waals surface area contributed by atoms with Crippen LogP contribution in [0.5, 0.6) is 0 Å². The topological polar surface area (TPSA) is 90.6 Å². The monoisotopic (exact) mass is 390 g/mol. The van der Waals surface area contributed by atoms with E-state index in [9.17, 15) is 9.59 Å². The lowest BCUT2D eigenvalue weighted by molar-refractivity contribution is -0.120. The van der Waals surface area contributed by atoms with E-state index in [1.54, 1.807) is 29.5 Å². The normalized spacial score (nSPS) is 19.3. The van der Waals surface area contributed by atoms with Gasteiger partial charge in [-0.05, 0) is 43.2 Å². The summed E-state index contributed by atoms with van der Waals surface area (Å²) in [6, 6.07) is 13.4. The number of fused-ring (bicyclic) bond motifs is 2. The number of benzene rings is 2. The maximum atomic E-state index is 13.1. The van der Waals surface area contributed by atoms with Gasteiger partial charge in [-0.15, -0.1) is 11.3 Å². The maximum Gasteiger partial charge on any atom is 0.323 e. The number of anilines is 1. The summed E-state index contributed by atoms with van der Waals surface area (Å²) in [4.78, 5) is 34.7. The number of thiazole rings is 1. The third-order valence-corrected chi connectivity index (χ3v) is 6.35. The van der Waals surface area contributed by atoms with Crippen LogP contribution >= 0.6 is 11.3 Å². The molecule has 28 heavy (non-hydrogen) atoms. The van der Waals surface area contributed by atoms with Crippen LogP contribution in [-0.2, 0) is 4.79 Å². The minimum Gasteiger partial charge on any atom is -0.326 e. The van der Waals surface area contributed by atoms with Crippen molar-refractivity contribution >= 4 is 44.2 Å². The average molecular weight is 390 g/mol. The van der Waals surface area contributed by atoms with Gasteiger partial charge in [-0.2, -0.15) is 0 Å². The first-order chi connectivity index (χ1) is 13.7. The van der Waals surface area contributed by atoms with Crippen LogP contribution in [-0.4, -0.2) is 20.9 Å². The van der Waals surface area contributed by atoms with E-state index in [4.69, 9.17) is 4.98 Å². The van der Waals surface area contributed by atoms with E-state index in [2.05, 4.69) is 33.5 Å². The van der Waals surface area contributed by atoms with Gasteiger partial charge in [0.15, 0.2) is 0 Å². The van der Waals surface area contributed by atoms with Gasteiger partial charge in [0.25, 0.3) is 0 Å². The molecule has 4 aromatic rings. The molecule has 3 N–H and O–H groups in total. The molecule has 0 spiro atoms. The van der Waals surface area contributed by atoms with Crippen molar-refractivity contribution in [1.29, 1.82) is 0 Å². The molecule has 0 bridgehead atoms. The number of aromatic amines is 2. The van der Waals surface area contributed by atoms with E-state index < -0.39 is 0 Å². The Morgan fingerprint density at radius 3 is 2.79 bits per heavy atom. The number of imidazole rings is 1. The molecule has 1 amide bonds. The molecule has 2 aromatic heterocycles. The lowest BCUT2D eigenvalue weighted by Crippen LogP contribution is -2.29. The molecule has 140 valence electrons. The van der Waals surface area contributed by atoms with Gasteiger partial charge >= 0.3 is 5.69 Å². The Morgan fingerprint density at radius 1 is 1.07 bits per heavy atom. The fourth-order valence-corrected chi connectivity index (χ4v) is 4.92. The standard InChI is InChI=1S/C21H18N4O2S/c26-19(22-12-9-10-15-17(11-12)25-21(27)24-15)13-5-1-2-6-14(13)20-23-16-7-3-4-8-18(16)28-20/h1-4,7-11,13-14H,5-6H2,(H,22,26)(H2,24,25,27). The summed E-state index contributed by atoms with van der Waals surface area (Å²) < 4.78 is 1.15. The Bertz CT molecular complexity index is 1230. The van der Waals surface area contributed by atoms with Gasteiger partial charge in [-0.1, -0.05) is 24.3 Å². The molecule has 2 heterocycles. The first kappa shape index (κ1) is 16.9. The van der Waals surface area contributed by atoms with Gasteiger partial charge in [0.1, 0.15) is 0 Å². The van der Waals surface area contributed by atoms with E-state index in [0.717, 1.165) is 27.2 Å². The summed E-state index contributed by atoms with van der Waals surface area (Å²) in [6.07, 6.45) is 5.70. The number of nitrogens with zero attached hydrogens (tertiary/aromatic N) is 1. The Labute approximate surface area is 164 Å². The van der Waals surface area contributed by atoms with Crippen LogP contribution in [0, 0.1) is 5.92 Å². The highest BCUT2D eigenvalue weighted by Crippen LogP contribution is 2.39. The van der Waals surface area contributed by atoms with E-state index in [0.29, 0.717) is 17.6 Å². The van der Waals surface area contributed by atoms with Crippen molar-refractivity contribution in [2.45, 2.75) is 18.8 Å². The lowest BCUT2D eigenvalue weighted by Gasteiger charge is -2.26. The summed E-state index contributed by atoms with van der Waals surface area (Å²) in [7, 11) is 0. The Kier molecular flexibility index (Phi) is 4.09. The molecule has 5 rings (SSSR count). The number of amides is 1. The van der Waals surface area contributed by atoms with Gasteiger partial charge in [0.2, 0.25) is 5.91 Å². The minimum absolute atomic E-state index is 0.0224. The molecule has 0 aliphatic heterocycles. The van der Waals surface area contributed by atoms with Crippen LogP contribution in [0.3, 0.4) is 0 Å². The van der Waals surface area contributed by atoms with Crippen LogP contribution in [0.15, 0.2) is 59.4 Å². The average Bonchev–Trinajstić information content (AvgIpc) is 3.30. The molecule has 2 atom stereocenters. The second kappa shape index (κ2) is 6.76. The minimum atomic E-state index is -0.258. The fourth-order valence-electron chi connectivity index (χ4n) is 3.77. The van der Waals surface area contributed by atoms with E-state index in [1.165, 1.54) is 0 Å². The van der Waals surface area contributed by atoms with Crippen molar-refractivity contribution in [3.63, 3.8) is 0 Å². The van der Waals surface area contributed by atoms with Crippen molar-refractivity contribution in [3.05, 3.63) is 70.1 Å². The van der Waals surface area contributed by atoms with Gasteiger partial charge < -0.3 is 15.3 Å². The molecule has 0 saturated carbocycles. The second-order valence-corrected chi connectivity index (χ2v) is 8.07. The molecule has 2 aromatic carbocycles. The molecule has 0 saturated heterocycles. The predicted octanol–water partition coefficient (Wildman–Crippen LogP) is 4.15. The molecule has 7 heteroatoms. The maximum absolute atomic E-state index is 13.1. The third-order valence-electron chi connectivity index (χ3n) is 5.18. The molecule has 0 fully saturated rings. The largest absolute Gasteiger partial charge is 0.326 e. The van der Waals surface area contributed by atoms with E-state index in [-0.39, 0.29) is 23.4 Å². The fraction of sp³-hybridized carbons (Fsp3) is 0.190. The van der Waals surface area contributed by atoms with Gasteiger partial charge in [0, 0.05) is 11.6 Å². The summed E-state index contributed by atoms with van der Waals surface area (Å²) in [5.74, 6) is -0.129. The number of para-hydroxylation sites is 1. The molecule has 2 unspecified atom stereocenters. The molecule has 1 aliphatic carbocycles. The number of hydrogen-bond acceptors (Lipinski definition) is 4. The van der Waals surface area contributed by atoms with Crippen LogP contribution in [0.4, 0.5) is 5.69 Å². The number of rotatable bonds is 3. The summed E-state index contributed by atoms with van der Waals surface area (Å²) in [6.45, 7) is 0. The van der Waals surface area contributed by atoms with Gasteiger partial charge in [-0.25, -0.2) is 9.78 Å². The first-order valence-electron chi connectivity index (χ1n) is 9.21. The Hall–Kier alpha value is -3.19. The highest BCUT2D eigenvalue weighted by molar-refractivity contribution is 7.18. The number of H-pyrrole nitrogens is 2. The molecule has 1 aliphatic rings. The number of aromatic nitrogens is 3. The quantitative estimate of drug-likeness (QED) is 0.459. The van der Waals surface area contributed by atoms with E-state index in [1.807, 2.05) is 18.2 Å². The zero-order valence-corrected chi connectivity index (χ0v) is 15.8. The van der Waals surface area contributed by atoms with Crippen molar-refractivity contribution in [2.75, 3.05) is 5.32 Å². The third kappa shape index (κ3) is 3.03. The Morgan fingerprint density at radius 2 is 1.89 bits per heavy atom. The van der Waals surface area contributed by atoms with Crippen LogP contribution in [0.25, 0.3) is 21.3 Å². The Balaban J connectivity index is 1.42. The van der Waals surface area contributed by atoms with E-state index >= 15 is 0 Å². The van der Waals surface area contributed by atoms with Crippen molar-refractivity contribution in [2.24, 2.45) is 5.92 Å². The second-order valence-electron chi connectivity index (χ2n) is 7.00. The number of carbonyl (C=O) groups is 1.